The number of hydrogen-bond donors (Lipinski definition) is 2. The number of carbonyl (C=O) groups excluding carboxylic acids is 1. The number of phenolic OH excluding ortho intramolecular Hbond substituents is 1. The summed E-state index contributed by atoms with van der Waals surface area (Å²) in [6, 6.07) is 8.63. The first-order chi connectivity index (χ1) is 26.8. The van der Waals surface area contributed by atoms with Crippen LogP contribution in [-0.2, 0) is 22.5 Å². The summed E-state index contributed by atoms with van der Waals surface area (Å²) in [7, 11) is 1.81. The van der Waals surface area contributed by atoms with Crippen molar-refractivity contribution in [3.05, 3.63) is 59.6 Å². The lowest BCUT2D eigenvalue weighted by Gasteiger charge is -2.49. The molecule has 1 aliphatic carbocycles. The number of fused-ring (bicyclic) bond motifs is 2. The molecule has 3 aliphatic heterocycles. The van der Waals surface area contributed by atoms with Gasteiger partial charge in [0.15, 0.2) is 0 Å². The number of ether oxygens (including phenoxy) is 2. The maximum atomic E-state index is 15.6. The Kier molecular flexibility index (Phi) is 10.9. The van der Waals surface area contributed by atoms with Gasteiger partial charge in [-0.15, -0.1) is 6.42 Å². The van der Waals surface area contributed by atoms with E-state index in [1.54, 1.807) is 23.1 Å². The molecule has 13 heteroatoms. The molecule has 2 N–H and O–H groups in total. The van der Waals surface area contributed by atoms with Gasteiger partial charge in [-0.3, -0.25) is 9.69 Å². The number of nitrogens with one attached hydrogen (secondary N) is 1. The molecule has 0 radical (unpaired) electrons. The predicted molar refractivity (Wildman–Crippen MR) is 211 cm³/mol. The maximum absolute atomic E-state index is 15.6. The fraction of sp³-hybridized carbons (Fsp3) is 0.535. The molecule has 1 aromatic heterocycles. The number of terminal acetylenes is 1. The number of aromatic hydroxyl groups is 1. The van der Waals surface area contributed by atoms with Gasteiger partial charge >= 0.3 is 6.01 Å². The number of amides is 1. The molecule has 4 heterocycles. The number of halogens is 2. The molecule has 3 aromatic rings. The number of likely N-dealkylation sites (N-methyl/N-ethyl adjacent to an activating group) is 1. The quantitative estimate of drug-likeness (QED) is 0.170. The number of alkyl halides is 1. The molecular weight excluding hydrogens is 717 g/mol. The smallest absolute Gasteiger partial charge is 0.318 e. The van der Waals surface area contributed by atoms with Crippen LogP contribution in [0.2, 0.25) is 0 Å². The van der Waals surface area contributed by atoms with Gasteiger partial charge in [0, 0.05) is 75.1 Å². The minimum Gasteiger partial charge on any atom is -0.508 e. The zero-order valence-electron chi connectivity index (χ0n) is 32.5. The lowest BCUT2D eigenvalue weighted by Crippen LogP contribution is -2.61. The lowest BCUT2D eigenvalue weighted by molar-refractivity contribution is -0.129. The molecule has 0 bridgehead atoms. The molecule has 1 amide bonds. The van der Waals surface area contributed by atoms with E-state index >= 15 is 8.78 Å². The van der Waals surface area contributed by atoms with Crippen molar-refractivity contribution in [2.24, 2.45) is 5.41 Å². The zero-order valence-corrected chi connectivity index (χ0v) is 32.5. The maximum Gasteiger partial charge on any atom is 0.318 e. The number of nitriles is 1. The summed E-state index contributed by atoms with van der Waals surface area (Å²) in [6.45, 7) is 9.90. The van der Waals surface area contributed by atoms with Crippen molar-refractivity contribution < 1.29 is 28.2 Å². The topological polar surface area (TPSA) is 127 Å². The highest BCUT2D eigenvalue weighted by Crippen LogP contribution is 2.47. The number of carbonyl (C=O) groups is 1. The van der Waals surface area contributed by atoms with Crippen molar-refractivity contribution in [1.29, 1.82) is 5.26 Å². The van der Waals surface area contributed by atoms with Crippen molar-refractivity contribution in [1.82, 2.24) is 19.8 Å². The van der Waals surface area contributed by atoms with Gasteiger partial charge in [-0.2, -0.15) is 15.2 Å². The molecule has 296 valence electrons. The minimum atomic E-state index is -1.14. The second-order valence-corrected chi connectivity index (χ2v) is 16.3. The molecule has 2 aromatic carbocycles. The second-order valence-electron chi connectivity index (χ2n) is 16.3. The van der Waals surface area contributed by atoms with Crippen LogP contribution < -0.4 is 15.0 Å². The Morgan fingerprint density at radius 1 is 1.27 bits per heavy atom. The summed E-state index contributed by atoms with van der Waals surface area (Å²) >= 11 is 0. The van der Waals surface area contributed by atoms with Crippen LogP contribution in [0, 0.1) is 34.9 Å². The number of hydrogen-bond acceptors (Lipinski definition) is 10. The van der Waals surface area contributed by atoms with E-state index in [0.29, 0.717) is 60.7 Å². The van der Waals surface area contributed by atoms with Crippen LogP contribution in [0.5, 0.6) is 11.8 Å². The molecule has 2 saturated heterocycles. The molecule has 4 aliphatic rings. The molecule has 7 rings (SSSR count). The zero-order chi connectivity index (χ0) is 39.8. The highest BCUT2D eigenvalue weighted by atomic mass is 19.1. The monoisotopic (exact) mass is 767 g/mol. The Morgan fingerprint density at radius 3 is 2.71 bits per heavy atom. The molecule has 11 nitrogen and oxygen atoms in total. The van der Waals surface area contributed by atoms with E-state index in [2.05, 4.69) is 28.8 Å². The van der Waals surface area contributed by atoms with Gasteiger partial charge in [0.2, 0.25) is 5.91 Å². The number of phenols is 1. The minimum absolute atomic E-state index is 0.0178. The second kappa shape index (κ2) is 15.5. The van der Waals surface area contributed by atoms with Crippen molar-refractivity contribution in [2.75, 3.05) is 56.7 Å². The van der Waals surface area contributed by atoms with E-state index < -0.39 is 28.5 Å². The van der Waals surface area contributed by atoms with Gasteiger partial charge in [-0.1, -0.05) is 31.4 Å². The van der Waals surface area contributed by atoms with Crippen LogP contribution in [0.25, 0.3) is 10.8 Å². The molecule has 2 atom stereocenters. The number of nitrogens with zero attached hydrogens (tertiary/aromatic N) is 6. The van der Waals surface area contributed by atoms with E-state index in [9.17, 15) is 15.2 Å². The van der Waals surface area contributed by atoms with Crippen LogP contribution in [0.15, 0.2) is 36.9 Å². The highest BCUT2D eigenvalue weighted by molar-refractivity contribution is 6.00. The Morgan fingerprint density at radius 2 is 2.02 bits per heavy atom. The molecular formula is C43H51F2N7O4. The van der Waals surface area contributed by atoms with Crippen LogP contribution in [0.4, 0.5) is 20.3 Å². The first kappa shape index (κ1) is 39.3. The molecule has 0 unspecified atom stereocenters. The lowest BCUT2D eigenvalue weighted by atomic mass is 9.71. The van der Waals surface area contributed by atoms with Crippen LogP contribution >= 0.6 is 0 Å². The Hall–Kier alpha value is -4.98. The summed E-state index contributed by atoms with van der Waals surface area (Å²) in [5, 5.41) is 26.0. The normalized spacial score (nSPS) is 22.6. The van der Waals surface area contributed by atoms with Crippen molar-refractivity contribution in [2.45, 2.75) is 95.1 Å². The molecule has 3 fully saturated rings. The predicted octanol–water partition coefficient (Wildman–Crippen LogP) is 6.28. The molecule has 56 heavy (non-hydrogen) atoms. The third-order valence-corrected chi connectivity index (χ3v) is 12.9. The average Bonchev–Trinajstić information content (AvgIpc) is 3.84. The van der Waals surface area contributed by atoms with Gasteiger partial charge in [0.1, 0.15) is 30.2 Å². The number of rotatable bonds is 11. The summed E-state index contributed by atoms with van der Waals surface area (Å²) in [6.07, 6.45) is 11.7. The van der Waals surface area contributed by atoms with Gasteiger partial charge in [-0.25, -0.2) is 8.78 Å². The largest absolute Gasteiger partial charge is 0.508 e. The fourth-order valence-corrected chi connectivity index (χ4v) is 9.56. The Bertz CT molecular complexity index is 2080. The Labute approximate surface area is 327 Å². The van der Waals surface area contributed by atoms with Gasteiger partial charge in [-0.05, 0) is 69.5 Å². The highest BCUT2D eigenvalue weighted by Gasteiger charge is 2.58. The first-order valence-electron chi connectivity index (χ1n) is 19.6. The summed E-state index contributed by atoms with van der Waals surface area (Å²) < 4.78 is 42.9. The Balaban J connectivity index is 1.28. The summed E-state index contributed by atoms with van der Waals surface area (Å²) in [4.78, 5) is 28.7. The number of benzene rings is 2. The van der Waals surface area contributed by atoms with E-state index in [4.69, 9.17) is 25.9 Å². The van der Waals surface area contributed by atoms with Crippen LogP contribution in [0.1, 0.15) is 75.6 Å². The van der Waals surface area contributed by atoms with Crippen molar-refractivity contribution in [3.63, 3.8) is 0 Å². The van der Waals surface area contributed by atoms with Gasteiger partial charge in [0.05, 0.1) is 40.4 Å². The summed E-state index contributed by atoms with van der Waals surface area (Å²) in [5.74, 6) is 2.41. The number of aromatic nitrogens is 2. The third kappa shape index (κ3) is 7.01. The van der Waals surface area contributed by atoms with Crippen molar-refractivity contribution >= 4 is 28.2 Å². The third-order valence-electron chi connectivity index (χ3n) is 12.9. The first-order valence-corrected chi connectivity index (χ1v) is 19.6. The van der Waals surface area contributed by atoms with Gasteiger partial charge in [0.25, 0.3) is 0 Å². The van der Waals surface area contributed by atoms with Crippen LogP contribution in [-0.4, -0.2) is 101 Å². The van der Waals surface area contributed by atoms with Crippen LogP contribution in [0.3, 0.4) is 0 Å². The standard InChI is InChI=1S/C43H51F2N7O4/c1-6-32-34(45)11-10-28-20-31(53)21-36(38(28)32)51-17-12-33-35(24-51)48-40(49-39(33)47-26-42(15-8-9-16-42)50(5)37(54)7-2)56-27-43(41(3,4)25-46)22-29(44)23-52(43)30-13-18-55-19-14-30/h1,7,10-11,20-21,29-30,53H,2,8-9,12-19,22-24,26-27H2,3-5H3,(H,47,48,49)/t29-,43+/m1/s1. The van der Waals surface area contributed by atoms with Crippen molar-refractivity contribution in [3.8, 4) is 30.2 Å². The number of anilines is 2. The number of likely N-dealkylation sites (tertiary alicyclic amines) is 1. The van der Waals surface area contributed by atoms with E-state index in [-0.39, 0.29) is 55.4 Å². The van der Waals surface area contributed by atoms with Gasteiger partial charge < -0.3 is 29.7 Å². The fourth-order valence-electron chi connectivity index (χ4n) is 9.56. The van der Waals surface area contributed by atoms with E-state index in [0.717, 1.165) is 44.1 Å². The average molecular weight is 768 g/mol. The van der Waals surface area contributed by atoms with E-state index in [1.165, 1.54) is 12.1 Å². The summed E-state index contributed by atoms with van der Waals surface area (Å²) in [5.41, 5.74) is -0.209. The SMILES string of the molecule is C#Cc1c(F)ccc2cc(O)cc(N3CCc4c(nc(OC[C@]5(C(C)(C)C#N)C[C@@H](F)CN5C5CCOCC5)nc4NCC4(N(C)C(=O)C=C)CCCC4)C3)c12. The molecule has 0 spiro atoms. The molecule has 1 saturated carbocycles. The van der Waals surface area contributed by atoms with E-state index in [1.807, 2.05) is 25.8 Å².